The number of nitrogens with zero attached hydrogens (tertiary/aromatic N) is 1. The molecule has 1 aliphatic heterocycles. The molecule has 1 aromatic rings. The van der Waals surface area contributed by atoms with Crippen LogP contribution in [0.25, 0.3) is 0 Å². The van der Waals surface area contributed by atoms with E-state index in [1.807, 2.05) is 0 Å². The first-order valence-electron chi connectivity index (χ1n) is 10.4. The standard InChI is InChI=1S/C22H26ClF3N4O3/c1-27-20(32)18-19(28-10-3-11-31)29-21(30(18)13-14-6-8-16(23)9-7-14)33-17-5-2-4-15(12-17)22(24,25)26/h2,5-9,12,15,21,28-29,31H,3-4,10-11,13H2,1H3,(H,27,32). The highest BCUT2D eigenvalue weighted by Crippen LogP contribution is 2.34. The van der Waals surface area contributed by atoms with Gasteiger partial charge in [0.1, 0.15) is 17.3 Å². The normalized spacial score (nSPS) is 20.4. The zero-order valence-electron chi connectivity index (χ0n) is 18.0. The molecule has 4 N–H and O–H groups in total. The van der Waals surface area contributed by atoms with Gasteiger partial charge in [0.2, 0.25) is 0 Å². The second-order valence-corrected chi connectivity index (χ2v) is 7.97. The topological polar surface area (TPSA) is 85.9 Å². The summed E-state index contributed by atoms with van der Waals surface area (Å²) in [6, 6.07) is 7.00. The smallest absolute Gasteiger partial charge is 0.395 e. The van der Waals surface area contributed by atoms with Crippen LogP contribution in [0.3, 0.4) is 0 Å². The molecule has 1 amide bonds. The van der Waals surface area contributed by atoms with Crippen molar-refractivity contribution in [3.8, 4) is 0 Å². The number of carbonyl (C=O) groups is 1. The van der Waals surface area contributed by atoms with E-state index in [9.17, 15) is 18.0 Å². The largest absolute Gasteiger partial charge is 0.453 e. The number of amides is 1. The van der Waals surface area contributed by atoms with E-state index >= 15 is 0 Å². The SMILES string of the molecule is CNC(=O)C1=C(NCCCO)NC(OC2=CC(C(F)(F)F)CC=C2)N1Cc1ccc(Cl)cc1. The van der Waals surface area contributed by atoms with E-state index in [1.54, 1.807) is 29.2 Å². The van der Waals surface area contributed by atoms with Crippen molar-refractivity contribution in [3.05, 3.63) is 70.4 Å². The maximum Gasteiger partial charge on any atom is 0.395 e. The fraction of sp³-hybridized carbons (Fsp3) is 0.409. The molecule has 0 aromatic heterocycles. The molecule has 180 valence electrons. The van der Waals surface area contributed by atoms with Crippen LogP contribution in [0.1, 0.15) is 18.4 Å². The monoisotopic (exact) mass is 486 g/mol. The first-order chi connectivity index (χ1) is 15.7. The van der Waals surface area contributed by atoms with Crippen LogP contribution in [0.2, 0.25) is 5.02 Å². The Morgan fingerprint density at radius 2 is 2.06 bits per heavy atom. The van der Waals surface area contributed by atoms with Gasteiger partial charge >= 0.3 is 6.18 Å². The Hall–Kier alpha value is -2.85. The molecule has 11 heteroatoms. The minimum Gasteiger partial charge on any atom is -0.453 e. The van der Waals surface area contributed by atoms with Crippen LogP contribution in [0, 0.1) is 5.92 Å². The van der Waals surface area contributed by atoms with Gasteiger partial charge in [-0.25, -0.2) is 0 Å². The van der Waals surface area contributed by atoms with Gasteiger partial charge in [-0.1, -0.05) is 29.8 Å². The third kappa shape index (κ3) is 6.35. The van der Waals surface area contributed by atoms with Gasteiger partial charge in [-0.2, -0.15) is 13.2 Å². The van der Waals surface area contributed by atoms with Gasteiger partial charge in [-0.3, -0.25) is 4.79 Å². The minimum atomic E-state index is -4.38. The average Bonchev–Trinajstić information content (AvgIpc) is 3.11. The molecule has 3 rings (SSSR count). The molecule has 0 saturated carbocycles. The van der Waals surface area contributed by atoms with Crippen molar-refractivity contribution in [2.45, 2.75) is 31.9 Å². The second kappa shape index (κ2) is 10.8. The lowest BCUT2D eigenvalue weighted by Gasteiger charge is -2.30. The van der Waals surface area contributed by atoms with Crippen LogP contribution in [0.4, 0.5) is 13.2 Å². The number of rotatable bonds is 9. The summed E-state index contributed by atoms with van der Waals surface area (Å²) in [6.45, 7) is 0.558. The zero-order chi connectivity index (χ0) is 24.0. The third-order valence-electron chi connectivity index (χ3n) is 5.13. The van der Waals surface area contributed by atoms with Gasteiger partial charge in [-0.15, -0.1) is 0 Å². The molecule has 33 heavy (non-hydrogen) atoms. The Morgan fingerprint density at radius 1 is 1.33 bits per heavy atom. The molecule has 2 unspecified atom stereocenters. The molecular formula is C22H26ClF3N4O3. The maximum absolute atomic E-state index is 13.2. The Labute approximate surface area is 194 Å². The molecule has 0 bridgehead atoms. The molecule has 7 nitrogen and oxygen atoms in total. The van der Waals surface area contributed by atoms with Crippen molar-refractivity contribution in [2.75, 3.05) is 20.2 Å². The molecule has 1 aromatic carbocycles. The molecule has 1 heterocycles. The van der Waals surface area contributed by atoms with Crippen LogP contribution in [0.5, 0.6) is 0 Å². The van der Waals surface area contributed by atoms with Gasteiger partial charge in [0.25, 0.3) is 12.3 Å². The quantitative estimate of drug-likeness (QED) is 0.402. The van der Waals surface area contributed by atoms with Crippen LogP contribution < -0.4 is 16.0 Å². The summed E-state index contributed by atoms with van der Waals surface area (Å²) in [5.74, 6) is -1.64. The number of nitrogens with one attached hydrogen (secondary N) is 3. The highest BCUT2D eigenvalue weighted by molar-refractivity contribution is 6.30. The highest BCUT2D eigenvalue weighted by Gasteiger charge is 2.40. The maximum atomic E-state index is 13.2. The number of hydrogen-bond acceptors (Lipinski definition) is 6. The van der Waals surface area contributed by atoms with E-state index in [0.717, 1.165) is 11.6 Å². The summed E-state index contributed by atoms with van der Waals surface area (Å²) < 4.78 is 45.5. The third-order valence-corrected chi connectivity index (χ3v) is 5.38. The summed E-state index contributed by atoms with van der Waals surface area (Å²) in [7, 11) is 1.48. The summed E-state index contributed by atoms with van der Waals surface area (Å²) in [5, 5.41) is 18.3. The average molecular weight is 487 g/mol. The van der Waals surface area contributed by atoms with Gasteiger partial charge in [-0.05, 0) is 42.7 Å². The molecule has 0 spiro atoms. The Balaban J connectivity index is 1.90. The van der Waals surface area contributed by atoms with Gasteiger partial charge in [0.15, 0.2) is 0 Å². The second-order valence-electron chi connectivity index (χ2n) is 7.53. The van der Waals surface area contributed by atoms with Crippen molar-refractivity contribution in [1.29, 1.82) is 0 Å². The first kappa shape index (κ1) is 24.8. The van der Waals surface area contributed by atoms with E-state index < -0.39 is 24.4 Å². The summed E-state index contributed by atoms with van der Waals surface area (Å²) >= 11 is 5.97. The Kier molecular flexibility index (Phi) is 8.15. The number of allylic oxidation sites excluding steroid dienone is 3. The van der Waals surface area contributed by atoms with Crippen LogP contribution in [-0.4, -0.2) is 48.6 Å². The number of carbonyl (C=O) groups excluding carboxylic acids is 1. The predicted molar refractivity (Wildman–Crippen MR) is 117 cm³/mol. The number of ether oxygens (including phenoxy) is 1. The molecule has 0 saturated heterocycles. The lowest BCUT2D eigenvalue weighted by molar-refractivity contribution is -0.161. The lowest BCUT2D eigenvalue weighted by Crippen LogP contribution is -2.42. The molecule has 0 radical (unpaired) electrons. The fourth-order valence-electron chi connectivity index (χ4n) is 3.45. The summed E-state index contributed by atoms with van der Waals surface area (Å²) in [5.41, 5.74) is 1.05. The van der Waals surface area contributed by atoms with E-state index in [1.165, 1.54) is 19.2 Å². The fourth-order valence-corrected chi connectivity index (χ4v) is 3.58. The number of hydrogen-bond donors (Lipinski definition) is 4. The molecule has 0 fully saturated rings. The number of halogens is 4. The molecule has 2 atom stereocenters. The highest BCUT2D eigenvalue weighted by atomic mass is 35.5. The number of aliphatic hydroxyl groups excluding tert-OH is 1. The van der Waals surface area contributed by atoms with Crippen molar-refractivity contribution in [2.24, 2.45) is 5.92 Å². The van der Waals surface area contributed by atoms with E-state index in [0.29, 0.717) is 23.8 Å². The summed E-state index contributed by atoms with van der Waals surface area (Å²) in [4.78, 5) is 14.4. The van der Waals surface area contributed by atoms with Crippen molar-refractivity contribution >= 4 is 17.5 Å². The number of alkyl halides is 3. The van der Waals surface area contributed by atoms with E-state index in [4.69, 9.17) is 21.4 Å². The zero-order valence-corrected chi connectivity index (χ0v) is 18.7. The minimum absolute atomic E-state index is 0.0412. The summed E-state index contributed by atoms with van der Waals surface area (Å²) in [6.07, 6.45) is -1.10. The molecule has 1 aliphatic carbocycles. The number of benzene rings is 1. The number of likely N-dealkylation sites (N-methyl/N-ethyl adjacent to an activating group) is 1. The predicted octanol–water partition coefficient (Wildman–Crippen LogP) is 2.95. The van der Waals surface area contributed by atoms with Gasteiger partial charge < -0.3 is 30.7 Å². The van der Waals surface area contributed by atoms with Gasteiger partial charge in [0.05, 0.1) is 5.92 Å². The Bertz CT molecular complexity index is 932. The van der Waals surface area contributed by atoms with Crippen LogP contribution >= 0.6 is 11.6 Å². The van der Waals surface area contributed by atoms with Crippen molar-refractivity contribution < 1.29 is 27.8 Å². The van der Waals surface area contributed by atoms with Crippen molar-refractivity contribution in [3.63, 3.8) is 0 Å². The lowest BCUT2D eigenvalue weighted by atomic mass is 9.99. The first-order valence-corrected chi connectivity index (χ1v) is 10.8. The number of aliphatic hydroxyl groups is 1. The van der Waals surface area contributed by atoms with E-state index in [-0.39, 0.29) is 31.0 Å². The van der Waals surface area contributed by atoms with Gasteiger partial charge in [0, 0.05) is 31.8 Å². The van der Waals surface area contributed by atoms with Crippen LogP contribution in [-0.2, 0) is 16.1 Å². The van der Waals surface area contributed by atoms with Crippen LogP contribution in [0.15, 0.2) is 59.8 Å². The molecular weight excluding hydrogens is 461 g/mol. The van der Waals surface area contributed by atoms with E-state index in [2.05, 4.69) is 16.0 Å². The Morgan fingerprint density at radius 3 is 2.70 bits per heavy atom. The van der Waals surface area contributed by atoms with Crippen molar-refractivity contribution in [1.82, 2.24) is 20.9 Å². The molecule has 2 aliphatic rings.